The van der Waals surface area contributed by atoms with E-state index in [1.54, 1.807) is 0 Å². The zero-order valence-electron chi connectivity index (χ0n) is 15.1. The van der Waals surface area contributed by atoms with Crippen LogP contribution in [0.15, 0.2) is 36.4 Å². The Bertz CT molecular complexity index is 733. The molecule has 1 aromatic heterocycles. The van der Waals surface area contributed by atoms with Gasteiger partial charge >= 0.3 is 0 Å². The van der Waals surface area contributed by atoms with Gasteiger partial charge in [0.05, 0.1) is 12.6 Å². The number of benzene rings is 1. The van der Waals surface area contributed by atoms with Gasteiger partial charge in [0.2, 0.25) is 0 Å². The van der Waals surface area contributed by atoms with Crippen molar-refractivity contribution in [2.75, 3.05) is 6.54 Å². The topological polar surface area (TPSA) is 69.2 Å². The van der Waals surface area contributed by atoms with E-state index in [0.717, 1.165) is 36.9 Å². The highest BCUT2D eigenvalue weighted by atomic mass is 16.3. The van der Waals surface area contributed by atoms with Gasteiger partial charge in [-0.05, 0) is 37.3 Å². The number of carbonyl (C=O) groups excluding carboxylic acids is 1. The number of H-pyrrole nitrogens is 1. The summed E-state index contributed by atoms with van der Waals surface area (Å²) in [6.45, 7) is 0.319. The number of nitrogens with zero attached hydrogens (tertiary/aromatic N) is 2. The Hall–Kier alpha value is -2.14. The Labute approximate surface area is 154 Å². The fraction of sp³-hybridized carbons (Fsp3) is 0.524. The zero-order chi connectivity index (χ0) is 17.9. The summed E-state index contributed by atoms with van der Waals surface area (Å²) < 4.78 is 0. The summed E-state index contributed by atoms with van der Waals surface area (Å²) in [4.78, 5) is 15.1. The van der Waals surface area contributed by atoms with Gasteiger partial charge in [-0.1, -0.05) is 49.6 Å². The molecule has 0 bridgehead atoms. The van der Waals surface area contributed by atoms with Gasteiger partial charge in [0.25, 0.3) is 5.91 Å². The second kappa shape index (κ2) is 7.62. The molecular formula is C21H27N3O2. The normalized spacial score (nSPS) is 19.3. The van der Waals surface area contributed by atoms with Crippen molar-refractivity contribution >= 4 is 5.91 Å². The van der Waals surface area contributed by atoms with Crippen molar-refractivity contribution in [3.63, 3.8) is 0 Å². The molecule has 0 spiro atoms. The molecule has 2 aliphatic rings. The lowest BCUT2D eigenvalue weighted by atomic mass is 9.93. The number of hydrogen-bond donors (Lipinski definition) is 2. The van der Waals surface area contributed by atoms with Crippen LogP contribution in [0.5, 0.6) is 0 Å². The first-order valence-corrected chi connectivity index (χ1v) is 9.81. The number of aliphatic hydroxyl groups excluding tert-OH is 1. The van der Waals surface area contributed by atoms with E-state index in [1.165, 1.54) is 19.3 Å². The van der Waals surface area contributed by atoms with Crippen LogP contribution in [0.4, 0.5) is 0 Å². The van der Waals surface area contributed by atoms with E-state index in [0.29, 0.717) is 18.2 Å². The Morgan fingerprint density at radius 2 is 1.88 bits per heavy atom. The minimum Gasteiger partial charge on any atom is -0.387 e. The lowest BCUT2D eigenvalue weighted by Crippen LogP contribution is -2.44. The second-order valence-electron chi connectivity index (χ2n) is 7.66. The van der Waals surface area contributed by atoms with Gasteiger partial charge in [0.1, 0.15) is 5.69 Å². The quantitative estimate of drug-likeness (QED) is 0.830. The Balaban J connectivity index is 1.53. The predicted molar refractivity (Wildman–Crippen MR) is 99.9 cm³/mol. The third-order valence-corrected chi connectivity index (χ3v) is 5.66. The minimum absolute atomic E-state index is 0.0602. The summed E-state index contributed by atoms with van der Waals surface area (Å²) in [5, 5.41) is 18.0. The highest BCUT2D eigenvalue weighted by molar-refractivity contribution is 5.92. The summed E-state index contributed by atoms with van der Waals surface area (Å²) in [6, 6.07) is 11.7. The molecule has 1 aromatic carbocycles. The molecule has 138 valence electrons. The molecule has 0 unspecified atom stereocenters. The van der Waals surface area contributed by atoms with Crippen molar-refractivity contribution in [3.05, 3.63) is 53.3 Å². The fourth-order valence-corrected chi connectivity index (χ4v) is 3.95. The maximum absolute atomic E-state index is 13.2. The van der Waals surface area contributed by atoms with Crippen LogP contribution in [0.2, 0.25) is 0 Å². The van der Waals surface area contributed by atoms with Crippen molar-refractivity contribution in [2.24, 2.45) is 0 Å². The molecule has 26 heavy (non-hydrogen) atoms. The van der Waals surface area contributed by atoms with Crippen LogP contribution in [0.25, 0.3) is 0 Å². The van der Waals surface area contributed by atoms with E-state index in [-0.39, 0.29) is 11.9 Å². The van der Waals surface area contributed by atoms with Crippen LogP contribution in [-0.4, -0.2) is 38.7 Å². The van der Waals surface area contributed by atoms with Crippen molar-refractivity contribution in [3.8, 4) is 0 Å². The van der Waals surface area contributed by atoms with Gasteiger partial charge in [-0.25, -0.2) is 0 Å². The predicted octanol–water partition coefficient (Wildman–Crippen LogP) is 3.80. The minimum atomic E-state index is -0.677. The van der Waals surface area contributed by atoms with Gasteiger partial charge in [-0.2, -0.15) is 5.10 Å². The average Bonchev–Trinajstić information content (AvgIpc) is 3.43. The SMILES string of the molecule is O=C(c1cc(C2CC2)[nH]n1)N(C[C@H](O)c1ccccc1)C1CCCCC1. The van der Waals surface area contributed by atoms with E-state index in [9.17, 15) is 9.90 Å². The zero-order valence-corrected chi connectivity index (χ0v) is 15.1. The standard InChI is InChI=1S/C21H27N3O2/c25-20(16-7-3-1-4-8-16)14-24(17-9-5-2-6-10-17)21(26)19-13-18(22-23-19)15-11-12-15/h1,3-4,7-8,13,15,17,20,25H,2,5-6,9-12,14H2,(H,22,23)/t20-/m0/s1. The van der Waals surface area contributed by atoms with Crippen LogP contribution >= 0.6 is 0 Å². The summed E-state index contributed by atoms with van der Waals surface area (Å²) >= 11 is 0. The summed E-state index contributed by atoms with van der Waals surface area (Å²) in [5.41, 5.74) is 2.40. The molecule has 2 aliphatic carbocycles. The number of amides is 1. The summed E-state index contributed by atoms with van der Waals surface area (Å²) in [5.74, 6) is 0.483. The maximum Gasteiger partial charge on any atom is 0.274 e. The molecule has 1 heterocycles. The fourth-order valence-electron chi connectivity index (χ4n) is 3.95. The molecule has 5 heteroatoms. The van der Waals surface area contributed by atoms with Gasteiger partial charge in [-0.15, -0.1) is 0 Å². The van der Waals surface area contributed by atoms with Gasteiger partial charge < -0.3 is 10.0 Å². The number of aliphatic hydroxyl groups is 1. The summed E-state index contributed by atoms with van der Waals surface area (Å²) in [7, 11) is 0. The van der Waals surface area contributed by atoms with Gasteiger partial charge in [-0.3, -0.25) is 9.89 Å². The molecular weight excluding hydrogens is 326 g/mol. The molecule has 2 N–H and O–H groups in total. The third-order valence-electron chi connectivity index (χ3n) is 5.66. The number of aromatic amines is 1. The summed E-state index contributed by atoms with van der Waals surface area (Å²) in [6.07, 6.45) is 7.20. The van der Waals surface area contributed by atoms with Crippen molar-refractivity contribution < 1.29 is 9.90 Å². The molecule has 0 radical (unpaired) electrons. The largest absolute Gasteiger partial charge is 0.387 e. The second-order valence-corrected chi connectivity index (χ2v) is 7.66. The molecule has 1 atom stereocenters. The first-order valence-electron chi connectivity index (χ1n) is 9.81. The van der Waals surface area contributed by atoms with Crippen molar-refractivity contribution in [1.29, 1.82) is 0 Å². The number of rotatable bonds is 6. The highest BCUT2D eigenvalue weighted by Gasteiger charge is 2.31. The molecule has 0 saturated heterocycles. The number of nitrogens with one attached hydrogen (secondary N) is 1. The molecule has 5 nitrogen and oxygen atoms in total. The van der Waals surface area contributed by atoms with Crippen LogP contribution in [-0.2, 0) is 0 Å². The van der Waals surface area contributed by atoms with Crippen LogP contribution in [0.1, 0.15) is 78.7 Å². The number of aromatic nitrogens is 2. The molecule has 4 rings (SSSR count). The lowest BCUT2D eigenvalue weighted by Gasteiger charge is -2.35. The molecule has 0 aliphatic heterocycles. The Morgan fingerprint density at radius 3 is 2.58 bits per heavy atom. The van der Waals surface area contributed by atoms with Crippen LogP contribution in [0.3, 0.4) is 0 Å². The van der Waals surface area contributed by atoms with E-state index in [1.807, 2.05) is 41.3 Å². The van der Waals surface area contributed by atoms with Gasteiger partial charge in [0, 0.05) is 17.7 Å². The van der Waals surface area contributed by atoms with E-state index >= 15 is 0 Å². The molecule has 1 amide bonds. The van der Waals surface area contributed by atoms with Crippen LogP contribution in [0, 0.1) is 0 Å². The lowest BCUT2D eigenvalue weighted by molar-refractivity contribution is 0.0449. The Kier molecular flexibility index (Phi) is 5.07. The maximum atomic E-state index is 13.2. The third kappa shape index (κ3) is 3.83. The molecule has 2 saturated carbocycles. The smallest absolute Gasteiger partial charge is 0.274 e. The number of carbonyl (C=O) groups is 1. The number of hydrogen-bond acceptors (Lipinski definition) is 3. The van der Waals surface area contributed by atoms with Crippen LogP contribution < -0.4 is 0 Å². The van der Waals surface area contributed by atoms with E-state index in [2.05, 4.69) is 10.2 Å². The van der Waals surface area contributed by atoms with Crippen molar-refractivity contribution in [1.82, 2.24) is 15.1 Å². The Morgan fingerprint density at radius 1 is 1.15 bits per heavy atom. The molecule has 2 fully saturated rings. The monoisotopic (exact) mass is 353 g/mol. The first kappa shape index (κ1) is 17.3. The van der Waals surface area contributed by atoms with Crippen molar-refractivity contribution in [2.45, 2.75) is 63.0 Å². The van der Waals surface area contributed by atoms with E-state index in [4.69, 9.17) is 0 Å². The first-order chi connectivity index (χ1) is 12.7. The van der Waals surface area contributed by atoms with Gasteiger partial charge in [0.15, 0.2) is 0 Å². The van der Waals surface area contributed by atoms with E-state index < -0.39 is 6.10 Å². The average molecular weight is 353 g/mol. The highest BCUT2D eigenvalue weighted by Crippen LogP contribution is 2.39. The molecule has 2 aromatic rings.